The highest BCUT2D eigenvalue weighted by Crippen LogP contribution is 2.20. The normalized spacial score (nSPS) is 15.3. The molecule has 0 saturated heterocycles. The molecule has 0 fully saturated rings. The summed E-state index contributed by atoms with van der Waals surface area (Å²) in [5.74, 6) is 0.548. The summed E-state index contributed by atoms with van der Waals surface area (Å²) in [7, 11) is 2.01. The number of hydrogen-bond acceptors (Lipinski definition) is 1. The van der Waals surface area contributed by atoms with Gasteiger partial charge in [-0.1, -0.05) is 20.3 Å². The van der Waals surface area contributed by atoms with Gasteiger partial charge in [-0.2, -0.15) is 5.10 Å². The maximum Gasteiger partial charge on any atom is 0.0624 e. The lowest BCUT2D eigenvalue weighted by Crippen LogP contribution is -2.15. The van der Waals surface area contributed by atoms with Crippen molar-refractivity contribution in [3.05, 3.63) is 17.5 Å². The fourth-order valence-electron chi connectivity index (χ4n) is 1.84. The van der Waals surface area contributed by atoms with E-state index in [1.165, 1.54) is 11.4 Å². The van der Waals surface area contributed by atoms with E-state index in [1.807, 2.05) is 11.7 Å². The number of aromatic nitrogens is 2. The zero-order valence-electron chi connectivity index (χ0n) is 10.1. The minimum Gasteiger partial charge on any atom is -0.272 e. The molecule has 1 aromatic heterocycles. The lowest BCUT2D eigenvalue weighted by molar-refractivity contribution is 0.479. The maximum atomic E-state index is 6.16. The van der Waals surface area contributed by atoms with Gasteiger partial charge in [0.1, 0.15) is 0 Å². The van der Waals surface area contributed by atoms with Gasteiger partial charge in [-0.05, 0) is 31.7 Å². The molecule has 0 saturated carbocycles. The van der Waals surface area contributed by atoms with E-state index in [-0.39, 0.29) is 5.38 Å². The molecule has 15 heavy (non-hydrogen) atoms. The van der Waals surface area contributed by atoms with Gasteiger partial charge >= 0.3 is 0 Å². The Morgan fingerprint density at radius 1 is 1.47 bits per heavy atom. The molecule has 2 nitrogen and oxygen atoms in total. The molecule has 0 N–H and O–H groups in total. The molecule has 0 amide bonds. The molecule has 2 atom stereocenters. The van der Waals surface area contributed by atoms with Crippen molar-refractivity contribution in [2.45, 2.75) is 45.4 Å². The van der Waals surface area contributed by atoms with Crippen molar-refractivity contribution < 1.29 is 0 Å². The molecule has 0 radical (unpaired) electrons. The second-order valence-corrected chi connectivity index (χ2v) is 4.84. The van der Waals surface area contributed by atoms with Crippen molar-refractivity contribution >= 4 is 11.6 Å². The Balaban J connectivity index is 2.74. The highest BCUT2D eigenvalue weighted by molar-refractivity contribution is 6.20. The van der Waals surface area contributed by atoms with Crippen LogP contribution in [0, 0.1) is 5.92 Å². The molecular weight excluding hydrogens is 208 g/mol. The minimum absolute atomic E-state index is 0.231. The van der Waals surface area contributed by atoms with E-state index in [0.29, 0.717) is 5.92 Å². The molecular formula is C12H21ClN2. The van der Waals surface area contributed by atoms with Gasteiger partial charge in [0.2, 0.25) is 0 Å². The Labute approximate surface area is 97.6 Å². The van der Waals surface area contributed by atoms with Gasteiger partial charge in [-0.25, -0.2) is 0 Å². The van der Waals surface area contributed by atoms with Crippen LogP contribution < -0.4 is 0 Å². The molecule has 0 aliphatic carbocycles. The van der Waals surface area contributed by atoms with Crippen molar-refractivity contribution in [2.75, 3.05) is 0 Å². The molecule has 1 aromatic rings. The van der Waals surface area contributed by atoms with Gasteiger partial charge < -0.3 is 0 Å². The second kappa shape index (κ2) is 5.55. The summed E-state index contributed by atoms with van der Waals surface area (Å²) in [5, 5.41) is 4.68. The van der Waals surface area contributed by atoms with Crippen molar-refractivity contribution in [2.24, 2.45) is 13.0 Å². The summed E-state index contributed by atoms with van der Waals surface area (Å²) in [5.41, 5.74) is 2.47. The molecule has 0 spiro atoms. The van der Waals surface area contributed by atoms with Gasteiger partial charge in [-0.15, -0.1) is 11.6 Å². The van der Waals surface area contributed by atoms with E-state index in [9.17, 15) is 0 Å². The number of rotatable bonds is 5. The van der Waals surface area contributed by atoms with E-state index >= 15 is 0 Å². The van der Waals surface area contributed by atoms with Crippen LogP contribution >= 0.6 is 11.6 Å². The fourth-order valence-corrected chi connectivity index (χ4v) is 2.10. The lowest BCUT2D eigenvalue weighted by atomic mass is 9.97. The second-order valence-electron chi connectivity index (χ2n) is 4.15. The quantitative estimate of drug-likeness (QED) is 0.708. The van der Waals surface area contributed by atoms with Crippen molar-refractivity contribution in [3.63, 3.8) is 0 Å². The first kappa shape index (κ1) is 12.6. The Morgan fingerprint density at radius 3 is 2.53 bits per heavy atom. The zero-order valence-corrected chi connectivity index (χ0v) is 10.9. The molecule has 86 valence electrons. The highest BCUT2D eigenvalue weighted by Gasteiger charge is 2.16. The third-order valence-electron chi connectivity index (χ3n) is 3.03. The Bertz CT molecular complexity index is 305. The SMILES string of the molecule is CCc1cc(CC(CC)C(C)Cl)n(C)n1. The van der Waals surface area contributed by atoms with Gasteiger partial charge in [-0.3, -0.25) is 4.68 Å². The Kier molecular flexibility index (Phi) is 4.65. The molecule has 1 heterocycles. The monoisotopic (exact) mass is 228 g/mol. The van der Waals surface area contributed by atoms with Crippen LogP contribution in [0.5, 0.6) is 0 Å². The Hall–Kier alpha value is -0.500. The zero-order chi connectivity index (χ0) is 11.4. The third kappa shape index (κ3) is 3.23. The number of nitrogens with zero attached hydrogens (tertiary/aromatic N) is 2. The topological polar surface area (TPSA) is 17.8 Å². The van der Waals surface area contributed by atoms with Crippen LogP contribution in [0.3, 0.4) is 0 Å². The smallest absolute Gasteiger partial charge is 0.0624 e. The first-order valence-corrected chi connectivity index (χ1v) is 6.17. The highest BCUT2D eigenvalue weighted by atomic mass is 35.5. The van der Waals surface area contributed by atoms with Crippen molar-refractivity contribution in [3.8, 4) is 0 Å². The molecule has 0 aliphatic heterocycles. The molecule has 1 rings (SSSR count). The van der Waals surface area contributed by atoms with Gasteiger partial charge in [0, 0.05) is 18.1 Å². The van der Waals surface area contributed by atoms with Crippen LogP contribution in [0.15, 0.2) is 6.07 Å². The maximum absolute atomic E-state index is 6.16. The van der Waals surface area contributed by atoms with Crippen LogP contribution in [-0.4, -0.2) is 15.2 Å². The standard InChI is InChI=1S/C12H21ClN2/c1-5-10(9(3)13)7-12-8-11(6-2)14-15(12)4/h8-10H,5-7H2,1-4H3. The minimum atomic E-state index is 0.231. The molecule has 0 bridgehead atoms. The predicted octanol–water partition coefficient (Wildman–Crippen LogP) is 3.18. The average Bonchev–Trinajstić information content (AvgIpc) is 2.55. The average molecular weight is 229 g/mol. The van der Waals surface area contributed by atoms with E-state index in [2.05, 4.69) is 31.9 Å². The first-order valence-electron chi connectivity index (χ1n) is 5.74. The molecule has 2 unspecified atom stereocenters. The lowest BCUT2D eigenvalue weighted by Gasteiger charge is -2.16. The van der Waals surface area contributed by atoms with E-state index in [4.69, 9.17) is 11.6 Å². The summed E-state index contributed by atoms with van der Waals surface area (Å²) < 4.78 is 1.99. The number of alkyl halides is 1. The third-order valence-corrected chi connectivity index (χ3v) is 3.39. The van der Waals surface area contributed by atoms with Gasteiger partial charge in [0.25, 0.3) is 0 Å². The summed E-state index contributed by atoms with van der Waals surface area (Å²) in [4.78, 5) is 0. The largest absolute Gasteiger partial charge is 0.272 e. The number of halogens is 1. The number of aryl methyl sites for hydroxylation is 2. The van der Waals surface area contributed by atoms with Crippen LogP contribution in [0.4, 0.5) is 0 Å². The van der Waals surface area contributed by atoms with E-state index < -0.39 is 0 Å². The fraction of sp³-hybridized carbons (Fsp3) is 0.750. The van der Waals surface area contributed by atoms with Gasteiger partial charge in [0.15, 0.2) is 0 Å². The number of hydrogen-bond donors (Lipinski definition) is 0. The summed E-state index contributed by atoms with van der Waals surface area (Å²) in [6.45, 7) is 6.40. The van der Waals surface area contributed by atoms with E-state index in [0.717, 1.165) is 19.3 Å². The van der Waals surface area contributed by atoms with Crippen LogP contribution in [0.25, 0.3) is 0 Å². The Morgan fingerprint density at radius 2 is 2.13 bits per heavy atom. The summed E-state index contributed by atoms with van der Waals surface area (Å²) >= 11 is 6.16. The molecule has 0 aromatic carbocycles. The first-order chi connectivity index (χ1) is 7.08. The molecule has 0 aliphatic rings. The summed E-state index contributed by atoms with van der Waals surface area (Å²) in [6, 6.07) is 2.20. The predicted molar refractivity (Wildman–Crippen MR) is 65.4 cm³/mol. The van der Waals surface area contributed by atoms with Crippen molar-refractivity contribution in [1.82, 2.24) is 9.78 Å². The van der Waals surface area contributed by atoms with Crippen LogP contribution in [0.2, 0.25) is 0 Å². The van der Waals surface area contributed by atoms with Crippen molar-refractivity contribution in [1.29, 1.82) is 0 Å². The van der Waals surface area contributed by atoms with Crippen LogP contribution in [0.1, 0.15) is 38.6 Å². The van der Waals surface area contributed by atoms with Crippen LogP contribution in [-0.2, 0) is 19.9 Å². The molecule has 3 heteroatoms. The summed E-state index contributed by atoms with van der Waals surface area (Å²) in [6.07, 6.45) is 3.16. The van der Waals surface area contributed by atoms with Gasteiger partial charge in [0.05, 0.1) is 5.69 Å². The van der Waals surface area contributed by atoms with E-state index in [1.54, 1.807) is 0 Å².